The number of aromatic nitrogens is 2. The largest absolute Gasteiger partial charge is 0.323 e. The molecule has 1 aromatic carbocycles. The van der Waals surface area contributed by atoms with Crippen molar-refractivity contribution in [2.45, 2.75) is 13.0 Å². The third-order valence-electron chi connectivity index (χ3n) is 2.00. The fraction of sp³-hybridized carbons (Fsp3) is 0.222. The zero-order valence-electron chi connectivity index (χ0n) is 7.21. The number of nitrogens with one attached hydrogen (secondary N) is 1. The highest BCUT2D eigenvalue weighted by molar-refractivity contribution is 6.31. The van der Waals surface area contributed by atoms with Gasteiger partial charge in [0.2, 0.25) is 0 Å². The first-order chi connectivity index (χ1) is 6.18. The van der Waals surface area contributed by atoms with E-state index in [-0.39, 0.29) is 6.04 Å². The van der Waals surface area contributed by atoms with E-state index in [1.165, 1.54) is 0 Å². The van der Waals surface area contributed by atoms with E-state index in [9.17, 15) is 0 Å². The van der Waals surface area contributed by atoms with E-state index in [0.29, 0.717) is 5.02 Å². The fourth-order valence-corrected chi connectivity index (χ4v) is 1.52. The maximum atomic E-state index is 5.87. The summed E-state index contributed by atoms with van der Waals surface area (Å²) in [4.78, 5) is 0. The summed E-state index contributed by atoms with van der Waals surface area (Å²) >= 11 is 5.87. The minimum Gasteiger partial charge on any atom is -0.323 e. The molecule has 1 atom stereocenters. The van der Waals surface area contributed by atoms with Gasteiger partial charge in [0.05, 0.1) is 11.2 Å². The van der Waals surface area contributed by atoms with Gasteiger partial charge in [0, 0.05) is 16.5 Å². The van der Waals surface area contributed by atoms with Crippen LogP contribution in [0.2, 0.25) is 5.02 Å². The summed E-state index contributed by atoms with van der Waals surface area (Å²) in [6, 6.07) is 5.51. The molecule has 4 heteroatoms. The number of hydrogen-bond donors (Lipinski definition) is 2. The van der Waals surface area contributed by atoms with Crippen molar-refractivity contribution in [3.05, 3.63) is 28.9 Å². The molecule has 1 heterocycles. The fourth-order valence-electron chi connectivity index (χ4n) is 1.35. The minimum atomic E-state index is -0.0523. The van der Waals surface area contributed by atoms with Crippen molar-refractivity contribution in [3.63, 3.8) is 0 Å². The summed E-state index contributed by atoms with van der Waals surface area (Å²) < 4.78 is 0. The Hall–Kier alpha value is -1.06. The van der Waals surface area contributed by atoms with E-state index in [1.807, 2.05) is 25.1 Å². The van der Waals surface area contributed by atoms with Crippen molar-refractivity contribution in [1.82, 2.24) is 10.2 Å². The van der Waals surface area contributed by atoms with Gasteiger partial charge >= 0.3 is 0 Å². The molecule has 0 radical (unpaired) electrons. The Bertz CT molecular complexity index is 433. The first-order valence-electron chi connectivity index (χ1n) is 4.07. The number of benzene rings is 1. The lowest BCUT2D eigenvalue weighted by Crippen LogP contribution is -2.05. The first kappa shape index (κ1) is 8.53. The number of nitrogens with two attached hydrogens (primary N) is 1. The highest BCUT2D eigenvalue weighted by Crippen LogP contribution is 2.23. The molecule has 0 aliphatic heterocycles. The van der Waals surface area contributed by atoms with Gasteiger partial charge in [-0.05, 0) is 25.1 Å². The van der Waals surface area contributed by atoms with Gasteiger partial charge in [0.25, 0.3) is 0 Å². The lowest BCUT2D eigenvalue weighted by Gasteiger charge is -2.01. The molecule has 0 aliphatic carbocycles. The second-order valence-corrected chi connectivity index (χ2v) is 3.52. The molecule has 0 spiro atoms. The predicted molar refractivity (Wildman–Crippen MR) is 53.7 cm³/mol. The molecule has 1 unspecified atom stereocenters. The number of rotatable bonds is 1. The Morgan fingerprint density at radius 3 is 3.00 bits per heavy atom. The van der Waals surface area contributed by atoms with Crippen molar-refractivity contribution >= 4 is 22.5 Å². The monoisotopic (exact) mass is 195 g/mol. The smallest absolute Gasteiger partial charge is 0.0925 e. The van der Waals surface area contributed by atoms with Crippen LogP contribution in [0.25, 0.3) is 10.9 Å². The molecule has 0 bridgehead atoms. The third-order valence-corrected chi connectivity index (χ3v) is 2.24. The Balaban J connectivity index is 2.71. The number of aromatic amines is 1. The molecule has 13 heavy (non-hydrogen) atoms. The molecule has 3 nitrogen and oxygen atoms in total. The first-order valence-corrected chi connectivity index (χ1v) is 4.45. The van der Waals surface area contributed by atoms with Gasteiger partial charge in [-0.2, -0.15) is 5.10 Å². The van der Waals surface area contributed by atoms with Crippen molar-refractivity contribution in [2.24, 2.45) is 5.73 Å². The summed E-state index contributed by atoms with van der Waals surface area (Å²) in [6.45, 7) is 1.91. The summed E-state index contributed by atoms with van der Waals surface area (Å²) in [6.07, 6.45) is 0. The number of H-pyrrole nitrogens is 1. The number of fused-ring (bicyclic) bond motifs is 1. The van der Waals surface area contributed by atoms with Crippen molar-refractivity contribution in [2.75, 3.05) is 0 Å². The van der Waals surface area contributed by atoms with Gasteiger partial charge < -0.3 is 5.73 Å². The van der Waals surface area contributed by atoms with Gasteiger partial charge in [-0.1, -0.05) is 11.6 Å². The van der Waals surface area contributed by atoms with Crippen LogP contribution in [0.3, 0.4) is 0 Å². The Labute approximate surface area is 80.9 Å². The quantitative estimate of drug-likeness (QED) is 0.733. The van der Waals surface area contributed by atoms with Gasteiger partial charge in [0.1, 0.15) is 0 Å². The van der Waals surface area contributed by atoms with Gasteiger partial charge in [-0.15, -0.1) is 0 Å². The summed E-state index contributed by atoms with van der Waals surface area (Å²) in [5, 5.41) is 8.73. The molecule has 0 saturated carbocycles. The lowest BCUT2D eigenvalue weighted by atomic mass is 10.1. The van der Waals surface area contributed by atoms with E-state index >= 15 is 0 Å². The van der Waals surface area contributed by atoms with Crippen LogP contribution in [0.15, 0.2) is 18.2 Å². The molecule has 0 amide bonds. The van der Waals surface area contributed by atoms with E-state index in [1.54, 1.807) is 0 Å². The zero-order valence-corrected chi connectivity index (χ0v) is 7.97. The molecule has 1 aromatic heterocycles. The second kappa shape index (κ2) is 3.01. The van der Waals surface area contributed by atoms with Crippen LogP contribution in [0.5, 0.6) is 0 Å². The molecule has 68 valence electrons. The molecule has 3 N–H and O–H groups in total. The topological polar surface area (TPSA) is 54.7 Å². The van der Waals surface area contributed by atoms with Crippen LogP contribution in [-0.4, -0.2) is 10.2 Å². The third kappa shape index (κ3) is 1.41. The van der Waals surface area contributed by atoms with E-state index in [0.717, 1.165) is 16.6 Å². The predicted octanol–water partition coefficient (Wildman–Crippen LogP) is 2.24. The van der Waals surface area contributed by atoms with Crippen LogP contribution in [0.4, 0.5) is 0 Å². The van der Waals surface area contributed by atoms with Crippen LogP contribution in [-0.2, 0) is 0 Å². The number of nitrogens with zero attached hydrogens (tertiary/aromatic N) is 1. The Morgan fingerprint density at radius 1 is 1.54 bits per heavy atom. The number of hydrogen-bond acceptors (Lipinski definition) is 2. The summed E-state index contributed by atoms with van der Waals surface area (Å²) in [7, 11) is 0. The van der Waals surface area contributed by atoms with Crippen LogP contribution < -0.4 is 5.73 Å². The SMILES string of the molecule is CC(N)c1[nH]nc2ccc(Cl)cc12. The molecule has 0 aliphatic rings. The van der Waals surface area contributed by atoms with Crippen LogP contribution in [0.1, 0.15) is 18.7 Å². The van der Waals surface area contributed by atoms with Crippen molar-refractivity contribution in [3.8, 4) is 0 Å². The Kier molecular flexibility index (Phi) is 1.98. The molecule has 2 rings (SSSR count). The molecular formula is C9H10ClN3. The highest BCUT2D eigenvalue weighted by Gasteiger charge is 2.08. The minimum absolute atomic E-state index is 0.0523. The number of halogens is 1. The van der Waals surface area contributed by atoms with Crippen molar-refractivity contribution in [1.29, 1.82) is 0 Å². The molecule has 0 saturated heterocycles. The second-order valence-electron chi connectivity index (χ2n) is 3.09. The zero-order chi connectivity index (χ0) is 9.42. The Morgan fingerprint density at radius 2 is 2.31 bits per heavy atom. The van der Waals surface area contributed by atoms with E-state index in [2.05, 4.69) is 10.2 Å². The van der Waals surface area contributed by atoms with Crippen molar-refractivity contribution < 1.29 is 0 Å². The lowest BCUT2D eigenvalue weighted by molar-refractivity contribution is 0.779. The average Bonchev–Trinajstić information content (AvgIpc) is 2.46. The van der Waals surface area contributed by atoms with Gasteiger partial charge in [-0.3, -0.25) is 5.10 Å². The normalized spacial score (nSPS) is 13.5. The van der Waals surface area contributed by atoms with Gasteiger partial charge in [0.15, 0.2) is 0 Å². The average molecular weight is 196 g/mol. The summed E-state index contributed by atoms with van der Waals surface area (Å²) in [5.41, 5.74) is 7.59. The molecule has 0 fully saturated rings. The standard InChI is InChI=1S/C9H10ClN3/c1-5(11)9-7-4-6(10)2-3-8(7)12-13-9/h2-5H,11H2,1H3,(H,12,13). The maximum absolute atomic E-state index is 5.87. The maximum Gasteiger partial charge on any atom is 0.0925 e. The van der Waals surface area contributed by atoms with Crippen LogP contribution >= 0.6 is 11.6 Å². The van der Waals surface area contributed by atoms with E-state index in [4.69, 9.17) is 17.3 Å². The molecule has 2 aromatic rings. The summed E-state index contributed by atoms with van der Waals surface area (Å²) in [5.74, 6) is 0. The van der Waals surface area contributed by atoms with E-state index < -0.39 is 0 Å². The highest BCUT2D eigenvalue weighted by atomic mass is 35.5. The van der Waals surface area contributed by atoms with Crippen LogP contribution in [0, 0.1) is 0 Å². The molecular weight excluding hydrogens is 186 g/mol. The van der Waals surface area contributed by atoms with Gasteiger partial charge in [-0.25, -0.2) is 0 Å².